The number of nitrogens with one attached hydrogen (secondary N) is 2. The third-order valence-corrected chi connectivity index (χ3v) is 3.98. The monoisotopic (exact) mass is 246 g/mol. The Labute approximate surface area is 109 Å². The minimum Gasteiger partial charge on any atom is -0.493 e. The highest BCUT2D eigenvalue weighted by Crippen LogP contribution is 2.31. The van der Waals surface area contributed by atoms with Crippen LogP contribution in [0.15, 0.2) is 24.3 Å². The Balaban J connectivity index is 1.60. The molecule has 2 aliphatic rings. The summed E-state index contributed by atoms with van der Waals surface area (Å²) >= 11 is 0. The highest BCUT2D eigenvalue weighted by Gasteiger charge is 2.21. The van der Waals surface area contributed by atoms with E-state index in [9.17, 15) is 0 Å². The molecule has 1 aromatic carbocycles. The van der Waals surface area contributed by atoms with Crippen molar-refractivity contribution in [1.82, 2.24) is 10.6 Å². The number of hydrogen-bond acceptors (Lipinski definition) is 3. The van der Waals surface area contributed by atoms with Gasteiger partial charge in [0, 0.05) is 30.6 Å². The maximum Gasteiger partial charge on any atom is 0.124 e. The first kappa shape index (κ1) is 12.0. The van der Waals surface area contributed by atoms with Gasteiger partial charge >= 0.3 is 0 Å². The highest BCUT2D eigenvalue weighted by atomic mass is 16.5. The summed E-state index contributed by atoms with van der Waals surface area (Å²) in [5, 5.41) is 7.29. The SMILES string of the molecule is c1ccc2c(c1)OCCC2NCC1CCCCN1. The second-order valence-corrected chi connectivity index (χ2v) is 5.28. The molecular formula is C15H22N2O. The zero-order chi connectivity index (χ0) is 12.2. The predicted octanol–water partition coefficient (Wildman–Crippen LogP) is 2.24. The molecule has 98 valence electrons. The van der Waals surface area contributed by atoms with E-state index in [-0.39, 0.29) is 0 Å². The average molecular weight is 246 g/mol. The van der Waals surface area contributed by atoms with Crippen LogP contribution in [0.3, 0.4) is 0 Å². The van der Waals surface area contributed by atoms with E-state index >= 15 is 0 Å². The second-order valence-electron chi connectivity index (χ2n) is 5.28. The first-order chi connectivity index (χ1) is 8.93. The van der Waals surface area contributed by atoms with Crippen LogP contribution in [0.1, 0.15) is 37.3 Å². The lowest BCUT2D eigenvalue weighted by Gasteiger charge is -2.30. The molecule has 1 aromatic rings. The minimum absolute atomic E-state index is 0.457. The Morgan fingerprint density at radius 1 is 1.22 bits per heavy atom. The average Bonchev–Trinajstić information content (AvgIpc) is 2.46. The van der Waals surface area contributed by atoms with E-state index in [1.54, 1.807) is 0 Å². The summed E-state index contributed by atoms with van der Waals surface area (Å²) < 4.78 is 5.69. The molecule has 2 aliphatic heterocycles. The number of piperidine rings is 1. The lowest BCUT2D eigenvalue weighted by atomic mass is 9.99. The van der Waals surface area contributed by atoms with E-state index in [1.807, 2.05) is 6.07 Å². The summed E-state index contributed by atoms with van der Waals surface area (Å²) in [6.45, 7) is 3.07. The zero-order valence-electron chi connectivity index (χ0n) is 10.8. The molecule has 2 N–H and O–H groups in total. The van der Waals surface area contributed by atoms with E-state index < -0.39 is 0 Å². The molecule has 1 fully saturated rings. The maximum absolute atomic E-state index is 5.69. The number of fused-ring (bicyclic) bond motifs is 1. The van der Waals surface area contributed by atoms with Crippen LogP contribution < -0.4 is 15.4 Å². The molecule has 3 rings (SSSR count). The summed E-state index contributed by atoms with van der Waals surface area (Å²) in [6.07, 6.45) is 5.07. The number of ether oxygens (including phenoxy) is 1. The molecule has 3 heteroatoms. The van der Waals surface area contributed by atoms with Gasteiger partial charge in [0.1, 0.15) is 5.75 Å². The van der Waals surface area contributed by atoms with Gasteiger partial charge in [-0.05, 0) is 25.5 Å². The number of hydrogen-bond donors (Lipinski definition) is 2. The molecule has 0 aromatic heterocycles. The van der Waals surface area contributed by atoms with Crippen molar-refractivity contribution < 1.29 is 4.74 Å². The molecule has 2 atom stereocenters. The van der Waals surface area contributed by atoms with Gasteiger partial charge in [0.05, 0.1) is 6.61 Å². The minimum atomic E-state index is 0.457. The smallest absolute Gasteiger partial charge is 0.124 e. The van der Waals surface area contributed by atoms with Crippen LogP contribution >= 0.6 is 0 Å². The quantitative estimate of drug-likeness (QED) is 0.858. The third-order valence-electron chi connectivity index (χ3n) is 3.98. The standard InChI is InChI=1S/C15H22N2O/c1-2-7-15-13(6-1)14(8-10-18-15)17-11-12-5-3-4-9-16-12/h1-2,6-7,12,14,16-17H,3-5,8-11H2. The largest absolute Gasteiger partial charge is 0.493 e. The Bertz CT molecular complexity index is 388. The van der Waals surface area contributed by atoms with Crippen LogP contribution in [-0.4, -0.2) is 25.7 Å². The molecule has 0 amide bonds. The van der Waals surface area contributed by atoms with E-state index in [4.69, 9.17) is 4.74 Å². The van der Waals surface area contributed by atoms with Crippen LogP contribution in [0.25, 0.3) is 0 Å². The van der Waals surface area contributed by atoms with Gasteiger partial charge in [-0.15, -0.1) is 0 Å². The van der Waals surface area contributed by atoms with Gasteiger partial charge in [-0.25, -0.2) is 0 Å². The van der Waals surface area contributed by atoms with Crippen LogP contribution in [0, 0.1) is 0 Å². The third kappa shape index (κ3) is 2.68. The van der Waals surface area contributed by atoms with Crippen LogP contribution in [0.2, 0.25) is 0 Å². The van der Waals surface area contributed by atoms with Crippen molar-refractivity contribution in [2.75, 3.05) is 19.7 Å². The van der Waals surface area contributed by atoms with E-state index in [1.165, 1.54) is 31.4 Å². The summed E-state index contributed by atoms with van der Waals surface area (Å²) in [4.78, 5) is 0. The molecule has 0 bridgehead atoms. The molecule has 2 heterocycles. The molecule has 1 saturated heterocycles. The summed E-state index contributed by atoms with van der Waals surface area (Å²) in [5.41, 5.74) is 1.32. The normalized spacial score (nSPS) is 27.3. The highest BCUT2D eigenvalue weighted by molar-refractivity contribution is 5.37. The second kappa shape index (κ2) is 5.72. The fourth-order valence-corrected chi connectivity index (χ4v) is 2.94. The van der Waals surface area contributed by atoms with Gasteiger partial charge in [-0.3, -0.25) is 0 Å². The fourth-order valence-electron chi connectivity index (χ4n) is 2.94. The topological polar surface area (TPSA) is 33.3 Å². The predicted molar refractivity (Wildman–Crippen MR) is 72.9 cm³/mol. The molecule has 2 unspecified atom stereocenters. The number of rotatable bonds is 3. The van der Waals surface area contributed by atoms with Crippen molar-refractivity contribution in [2.45, 2.75) is 37.8 Å². The van der Waals surface area contributed by atoms with Gasteiger partial charge < -0.3 is 15.4 Å². The van der Waals surface area contributed by atoms with Crippen molar-refractivity contribution in [3.63, 3.8) is 0 Å². The van der Waals surface area contributed by atoms with Crippen molar-refractivity contribution in [1.29, 1.82) is 0 Å². The van der Waals surface area contributed by atoms with E-state index in [2.05, 4.69) is 28.8 Å². The summed E-state index contributed by atoms with van der Waals surface area (Å²) in [6, 6.07) is 9.50. The lowest BCUT2D eigenvalue weighted by Crippen LogP contribution is -2.43. The van der Waals surface area contributed by atoms with Crippen LogP contribution in [0.5, 0.6) is 5.75 Å². The molecule has 0 saturated carbocycles. The Kier molecular flexibility index (Phi) is 3.81. The van der Waals surface area contributed by atoms with Gasteiger partial charge in [-0.2, -0.15) is 0 Å². The van der Waals surface area contributed by atoms with Gasteiger partial charge in [0.15, 0.2) is 0 Å². The van der Waals surface area contributed by atoms with E-state index in [0.717, 1.165) is 25.3 Å². The number of benzene rings is 1. The lowest BCUT2D eigenvalue weighted by molar-refractivity contribution is 0.247. The first-order valence-corrected chi connectivity index (χ1v) is 7.12. The van der Waals surface area contributed by atoms with Gasteiger partial charge in [0.2, 0.25) is 0 Å². The van der Waals surface area contributed by atoms with Crippen LogP contribution in [-0.2, 0) is 0 Å². The van der Waals surface area contributed by atoms with Crippen LogP contribution in [0.4, 0.5) is 0 Å². The molecule has 0 spiro atoms. The Morgan fingerprint density at radius 3 is 3.06 bits per heavy atom. The van der Waals surface area contributed by atoms with Crippen molar-refractivity contribution in [3.8, 4) is 5.75 Å². The van der Waals surface area contributed by atoms with Gasteiger partial charge in [0.25, 0.3) is 0 Å². The molecule has 0 radical (unpaired) electrons. The maximum atomic E-state index is 5.69. The molecular weight excluding hydrogens is 224 g/mol. The zero-order valence-corrected chi connectivity index (χ0v) is 10.8. The molecule has 18 heavy (non-hydrogen) atoms. The van der Waals surface area contributed by atoms with Crippen molar-refractivity contribution in [2.24, 2.45) is 0 Å². The Morgan fingerprint density at radius 2 is 2.17 bits per heavy atom. The van der Waals surface area contributed by atoms with Crippen molar-refractivity contribution >= 4 is 0 Å². The first-order valence-electron chi connectivity index (χ1n) is 7.12. The molecule has 3 nitrogen and oxygen atoms in total. The molecule has 0 aliphatic carbocycles. The van der Waals surface area contributed by atoms with Crippen molar-refractivity contribution in [3.05, 3.63) is 29.8 Å². The van der Waals surface area contributed by atoms with E-state index in [0.29, 0.717) is 12.1 Å². The fraction of sp³-hybridized carbons (Fsp3) is 0.600. The summed E-state index contributed by atoms with van der Waals surface area (Å²) in [7, 11) is 0. The number of para-hydroxylation sites is 1. The Hall–Kier alpha value is -1.06. The van der Waals surface area contributed by atoms with Gasteiger partial charge in [-0.1, -0.05) is 24.6 Å². The summed E-state index contributed by atoms with van der Waals surface area (Å²) in [5.74, 6) is 1.05.